The van der Waals surface area contributed by atoms with Crippen molar-refractivity contribution in [2.75, 3.05) is 26.7 Å². The average molecular weight is 416 g/mol. The molecule has 1 aromatic carbocycles. The van der Waals surface area contributed by atoms with Crippen LogP contribution in [0.4, 0.5) is 0 Å². The van der Waals surface area contributed by atoms with E-state index in [-0.39, 0.29) is 15.7 Å². The molecule has 1 aliphatic heterocycles. The van der Waals surface area contributed by atoms with Crippen LogP contribution >= 0.6 is 15.9 Å². The highest BCUT2D eigenvalue weighted by Crippen LogP contribution is 2.34. The van der Waals surface area contributed by atoms with Crippen molar-refractivity contribution in [3.8, 4) is 5.75 Å². The molecule has 1 unspecified atom stereocenters. The zero-order valence-electron chi connectivity index (χ0n) is 13.3. The highest BCUT2D eigenvalue weighted by atomic mass is 79.9. The van der Waals surface area contributed by atoms with E-state index in [1.165, 1.54) is 8.99 Å². The number of nitrogens with one attached hydrogen (secondary N) is 1. The number of aromatic nitrogens is 3. The van der Waals surface area contributed by atoms with Crippen LogP contribution in [0.2, 0.25) is 0 Å². The Balaban J connectivity index is 2.07. The minimum Gasteiger partial charge on any atom is -0.496 e. The highest BCUT2D eigenvalue weighted by Gasteiger charge is 2.38. The molecule has 24 heavy (non-hydrogen) atoms. The number of sulfonamides is 1. The van der Waals surface area contributed by atoms with E-state index in [1.54, 1.807) is 14.2 Å². The molecule has 1 saturated heterocycles. The second-order valence-corrected chi connectivity index (χ2v) is 7.94. The summed E-state index contributed by atoms with van der Waals surface area (Å²) in [6.45, 7) is 1.43. The zero-order valence-corrected chi connectivity index (χ0v) is 15.7. The average Bonchev–Trinajstić information content (AvgIpc) is 2.94. The van der Waals surface area contributed by atoms with Crippen LogP contribution in [0.1, 0.15) is 11.6 Å². The van der Waals surface area contributed by atoms with Gasteiger partial charge in [0.05, 0.1) is 13.2 Å². The van der Waals surface area contributed by atoms with Crippen molar-refractivity contribution in [2.45, 2.75) is 11.1 Å². The van der Waals surface area contributed by atoms with Gasteiger partial charge in [0.2, 0.25) is 5.03 Å². The quantitative estimate of drug-likeness (QED) is 0.798. The van der Waals surface area contributed by atoms with Crippen molar-refractivity contribution in [1.82, 2.24) is 24.6 Å². The molecule has 0 radical (unpaired) electrons. The summed E-state index contributed by atoms with van der Waals surface area (Å²) in [6.07, 6.45) is 0. The van der Waals surface area contributed by atoms with Crippen molar-refractivity contribution in [2.24, 2.45) is 7.05 Å². The minimum atomic E-state index is -3.77. The van der Waals surface area contributed by atoms with Gasteiger partial charge in [-0.1, -0.05) is 23.4 Å². The fraction of sp³-hybridized carbons (Fsp3) is 0.429. The third-order valence-electron chi connectivity index (χ3n) is 3.98. The van der Waals surface area contributed by atoms with Crippen molar-refractivity contribution in [3.63, 3.8) is 0 Å². The number of piperazine rings is 1. The van der Waals surface area contributed by atoms with Gasteiger partial charge in [0.1, 0.15) is 5.75 Å². The van der Waals surface area contributed by atoms with Crippen molar-refractivity contribution >= 4 is 26.0 Å². The molecule has 0 saturated carbocycles. The molecule has 2 heterocycles. The molecule has 1 fully saturated rings. The van der Waals surface area contributed by atoms with Gasteiger partial charge in [-0.05, 0) is 22.0 Å². The first-order valence-corrected chi connectivity index (χ1v) is 9.60. The van der Waals surface area contributed by atoms with Crippen molar-refractivity contribution in [1.29, 1.82) is 0 Å². The SMILES string of the molecule is COc1ccccc1C1CNCCN1S(=O)(=O)c1c(Br)nnn1C. The summed E-state index contributed by atoms with van der Waals surface area (Å²) >= 11 is 3.18. The lowest BCUT2D eigenvalue weighted by Gasteiger charge is -2.35. The van der Waals surface area contributed by atoms with Crippen LogP contribution in [0, 0.1) is 0 Å². The molecule has 0 aliphatic carbocycles. The Labute approximate surface area is 149 Å². The van der Waals surface area contributed by atoms with E-state index in [2.05, 4.69) is 31.6 Å². The fourth-order valence-electron chi connectivity index (χ4n) is 2.89. The number of nitrogens with zero attached hydrogens (tertiary/aromatic N) is 4. The molecule has 2 aromatic rings. The first-order valence-electron chi connectivity index (χ1n) is 7.37. The number of benzene rings is 1. The summed E-state index contributed by atoms with van der Waals surface area (Å²) in [6, 6.07) is 7.07. The maximum Gasteiger partial charge on any atom is 0.263 e. The van der Waals surface area contributed by atoms with Gasteiger partial charge in [-0.25, -0.2) is 13.1 Å². The van der Waals surface area contributed by atoms with Gasteiger partial charge < -0.3 is 10.1 Å². The van der Waals surface area contributed by atoms with Crippen LogP contribution in [0.15, 0.2) is 33.9 Å². The molecule has 1 N–H and O–H groups in total. The van der Waals surface area contributed by atoms with Gasteiger partial charge in [-0.15, -0.1) is 5.10 Å². The molecule has 1 atom stereocenters. The molecule has 1 aromatic heterocycles. The smallest absolute Gasteiger partial charge is 0.263 e. The van der Waals surface area contributed by atoms with Crippen molar-refractivity contribution in [3.05, 3.63) is 34.4 Å². The van der Waals surface area contributed by atoms with Crippen molar-refractivity contribution < 1.29 is 13.2 Å². The third-order valence-corrected chi connectivity index (χ3v) is 6.78. The summed E-state index contributed by atoms with van der Waals surface area (Å²) in [5, 5.41) is 10.9. The van der Waals surface area contributed by atoms with E-state index >= 15 is 0 Å². The molecule has 1 aliphatic rings. The van der Waals surface area contributed by atoms with Crippen LogP contribution < -0.4 is 10.1 Å². The van der Waals surface area contributed by atoms with E-state index in [1.807, 2.05) is 24.3 Å². The zero-order chi connectivity index (χ0) is 17.3. The van der Waals surface area contributed by atoms with Gasteiger partial charge in [-0.3, -0.25) is 0 Å². The Hall–Kier alpha value is -1.49. The molecule has 8 nitrogen and oxygen atoms in total. The Morgan fingerprint density at radius 3 is 2.79 bits per heavy atom. The summed E-state index contributed by atoms with van der Waals surface area (Å²) in [5.41, 5.74) is 0.821. The molecule has 10 heteroatoms. The van der Waals surface area contributed by atoms with Crippen LogP contribution in [0.25, 0.3) is 0 Å². The predicted octanol–water partition coefficient (Wildman–Crippen LogP) is 0.921. The summed E-state index contributed by atoms with van der Waals surface area (Å²) in [5.74, 6) is 0.661. The van der Waals surface area contributed by atoms with Crippen LogP contribution in [-0.2, 0) is 17.1 Å². The Kier molecular flexibility index (Phi) is 4.90. The largest absolute Gasteiger partial charge is 0.496 e. The number of para-hydroxylation sites is 1. The number of rotatable bonds is 4. The van der Waals surface area contributed by atoms with E-state index < -0.39 is 10.0 Å². The second kappa shape index (κ2) is 6.79. The van der Waals surface area contributed by atoms with E-state index in [0.717, 1.165) is 5.56 Å². The van der Waals surface area contributed by atoms with E-state index in [0.29, 0.717) is 25.4 Å². The second-order valence-electron chi connectivity index (χ2n) is 5.39. The standard InChI is InChI=1S/C14H18BrN5O3S/c1-19-14(13(15)17-18-19)24(21,22)20-8-7-16-9-11(20)10-5-3-4-6-12(10)23-2/h3-6,11,16H,7-9H2,1-2H3. The lowest BCUT2D eigenvalue weighted by Crippen LogP contribution is -2.49. The predicted molar refractivity (Wildman–Crippen MR) is 91.2 cm³/mol. The summed E-state index contributed by atoms with van der Waals surface area (Å²) in [7, 11) is -0.634. The Bertz CT molecular complexity index is 819. The number of halogens is 1. The monoisotopic (exact) mass is 415 g/mol. The summed E-state index contributed by atoms with van der Waals surface area (Å²) in [4.78, 5) is 0. The van der Waals surface area contributed by atoms with Crippen LogP contribution in [-0.4, -0.2) is 54.5 Å². The lowest BCUT2D eigenvalue weighted by molar-refractivity contribution is 0.263. The highest BCUT2D eigenvalue weighted by molar-refractivity contribution is 9.10. The third kappa shape index (κ3) is 2.94. The van der Waals surface area contributed by atoms with Crippen LogP contribution in [0.5, 0.6) is 5.75 Å². The molecule has 0 bridgehead atoms. The topological polar surface area (TPSA) is 89.3 Å². The van der Waals surface area contributed by atoms with Gasteiger partial charge in [0.25, 0.3) is 10.0 Å². The molecule has 130 valence electrons. The lowest BCUT2D eigenvalue weighted by atomic mass is 10.0. The number of hydrogen-bond acceptors (Lipinski definition) is 6. The van der Waals surface area contributed by atoms with E-state index in [9.17, 15) is 8.42 Å². The fourth-order valence-corrected chi connectivity index (χ4v) is 5.53. The van der Waals surface area contributed by atoms with Gasteiger partial charge >= 0.3 is 0 Å². The number of aryl methyl sites for hydroxylation is 1. The first kappa shape index (κ1) is 17.3. The normalized spacial score (nSPS) is 19.4. The maximum atomic E-state index is 13.2. The maximum absolute atomic E-state index is 13.2. The summed E-state index contributed by atoms with van der Waals surface area (Å²) < 4.78 is 34.8. The Morgan fingerprint density at radius 2 is 2.12 bits per heavy atom. The first-order chi connectivity index (χ1) is 11.5. The van der Waals surface area contributed by atoms with Crippen LogP contribution in [0.3, 0.4) is 0 Å². The molecule has 0 spiro atoms. The Morgan fingerprint density at radius 1 is 1.38 bits per heavy atom. The van der Waals surface area contributed by atoms with E-state index in [4.69, 9.17) is 4.74 Å². The van der Waals surface area contributed by atoms with Gasteiger partial charge in [0, 0.05) is 32.2 Å². The number of hydrogen-bond donors (Lipinski definition) is 1. The van der Waals surface area contributed by atoms with Gasteiger partial charge in [0.15, 0.2) is 4.60 Å². The molecular formula is C14H18BrN5O3S. The van der Waals surface area contributed by atoms with Gasteiger partial charge in [-0.2, -0.15) is 4.31 Å². The number of methoxy groups -OCH3 is 1. The molecular weight excluding hydrogens is 398 g/mol. The number of ether oxygens (including phenoxy) is 1. The molecule has 3 rings (SSSR count). The minimum absolute atomic E-state index is 0.0456. The molecule has 0 amide bonds.